The van der Waals surface area contributed by atoms with Crippen LogP contribution in [0.3, 0.4) is 0 Å². The first-order chi connectivity index (χ1) is 8.61. The molecule has 0 heterocycles. The van der Waals surface area contributed by atoms with E-state index in [1.54, 1.807) is 6.07 Å². The topological polar surface area (TPSA) is 46.3 Å². The van der Waals surface area contributed by atoms with Crippen molar-refractivity contribution in [3.63, 3.8) is 0 Å². The van der Waals surface area contributed by atoms with Gasteiger partial charge in [0, 0.05) is 28.8 Å². The van der Waals surface area contributed by atoms with E-state index in [1.165, 1.54) is 19.3 Å². The average Bonchev–Trinajstić information content (AvgIpc) is 2.31. The van der Waals surface area contributed by atoms with Crippen molar-refractivity contribution in [2.75, 3.05) is 18.8 Å². The fraction of sp³-hybridized carbons (Fsp3) is 0.500. The Morgan fingerprint density at radius 1 is 1.50 bits per heavy atom. The van der Waals surface area contributed by atoms with Crippen LogP contribution in [0.1, 0.15) is 36.5 Å². The second-order valence-electron chi connectivity index (χ2n) is 4.88. The van der Waals surface area contributed by atoms with Crippen LogP contribution in [-0.4, -0.2) is 23.9 Å². The number of carbonyl (C=O) groups excluding carboxylic acids is 1. The summed E-state index contributed by atoms with van der Waals surface area (Å²) in [6.45, 7) is 3.66. The summed E-state index contributed by atoms with van der Waals surface area (Å²) in [7, 11) is 0. The lowest BCUT2D eigenvalue weighted by Gasteiger charge is -2.31. The van der Waals surface area contributed by atoms with Crippen LogP contribution >= 0.6 is 15.9 Å². The maximum absolute atomic E-state index is 12.4. The van der Waals surface area contributed by atoms with Gasteiger partial charge in [-0.3, -0.25) is 4.79 Å². The minimum absolute atomic E-state index is 0.0867. The number of rotatable bonds is 4. The molecule has 0 saturated heterocycles. The number of carbonyl (C=O) groups is 1. The van der Waals surface area contributed by atoms with Crippen molar-refractivity contribution in [2.24, 2.45) is 5.92 Å². The van der Waals surface area contributed by atoms with Crippen molar-refractivity contribution in [3.8, 4) is 0 Å². The number of anilines is 1. The van der Waals surface area contributed by atoms with Crippen molar-refractivity contribution in [1.82, 2.24) is 4.90 Å². The summed E-state index contributed by atoms with van der Waals surface area (Å²) < 4.78 is 0.834. The summed E-state index contributed by atoms with van der Waals surface area (Å²) in [6, 6.07) is 5.40. The molecule has 2 rings (SSSR count). The van der Waals surface area contributed by atoms with E-state index in [2.05, 4.69) is 15.9 Å². The molecule has 18 heavy (non-hydrogen) atoms. The lowest BCUT2D eigenvalue weighted by atomic mass is 9.85. The zero-order chi connectivity index (χ0) is 13.1. The molecule has 1 aromatic rings. The molecule has 4 heteroatoms. The standard InChI is InChI=1S/C14H19BrN2O/c1-2-17(9-10-4-3-5-10)14(18)11-6-7-12(15)13(16)8-11/h6-8,10H,2-5,9,16H2,1H3. The normalized spacial score (nSPS) is 15.2. The van der Waals surface area contributed by atoms with Gasteiger partial charge in [-0.25, -0.2) is 0 Å². The fourth-order valence-electron chi connectivity index (χ4n) is 2.20. The molecule has 1 aliphatic carbocycles. The molecule has 0 spiro atoms. The zero-order valence-corrected chi connectivity index (χ0v) is 12.2. The van der Waals surface area contributed by atoms with E-state index in [0.29, 0.717) is 17.2 Å². The van der Waals surface area contributed by atoms with E-state index in [0.717, 1.165) is 17.6 Å². The van der Waals surface area contributed by atoms with Gasteiger partial charge in [-0.1, -0.05) is 6.42 Å². The Bertz CT molecular complexity index is 443. The molecule has 0 atom stereocenters. The van der Waals surface area contributed by atoms with Crippen molar-refractivity contribution < 1.29 is 4.79 Å². The van der Waals surface area contributed by atoms with Crippen LogP contribution < -0.4 is 5.73 Å². The molecule has 0 bridgehead atoms. The third-order valence-electron chi connectivity index (χ3n) is 3.62. The predicted molar refractivity (Wildman–Crippen MR) is 77.5 cm³/mol. The first-order valence-electron chi connectivity index (χ1n) is 6.46. The van der Waals surface area contributed by atoms with Crippen LogP contribution in [0.5, 0.6) is 0 Å². The molecule has 0 unspecified atom stereocenters. The lowest BCUT2D eigenvalue weighted by molar-refractivity contribution is 0.0706. The second-order valence-corrected chi connectivity index (χ2v) is 5.73. The van der Waals surface area contributed by atoms with Crippen LogP contribution in [0.2, 0.25) is 0 Å². The average molecular weight is 311 g/mol. The molecular formula is C14H19BrN2O. The summed E-state index contributed by atoms with van der Waals surface area (Å²) in [6.07, 6.45) is 3.82. The third kappa shape index (κ3) is 2.86. The predicted octanol–water partition coefficient (Wildman–Crippen LogP) is 3.29. The first-order valence-corrected chi connectivity index (χ1v) is 7.25. The monoisotopic (exact) mass is 310 g/mol. The van der Waals surface area contributed by atoms with E-state index >= 15 is 0 Å². The van der Waals surface area contributed by atoms with Crippen LogP contribution in [0.4, 0.5) is 5.69 Å². The van der Waals surface area contributed by atoms with Gasteiger partial charge in [0.1, 0.15) is 0 Å². The summed E-state index contributed by atoms with van der Waals surface area (Å²) >= 11 is 3.34. The Hall–Kier alpha value is -1.03. The molecule has 98 valence electrons. The lowest BCUT2D eigenvalue weighted by Crippen LogP contribution is -2.37. The Labute approximate surface area is 116 Å². The van der Waals surface area contributed by atoms with E-state index < -0.39 is 0 Å². The molecule has 1 amide bonds. The zero-order valence-electron chi connectivity index (χ0n) is 10.7. The van der Waals surface area contributed by atoms with Crippen molar-refractivity contribution in [1.29, 1.82) is 0 Å². The molecule has 1 aliphatic rings. The summed E-state index contributed by atoms with van der Waals surface area (Å²) in [5.41, 5.74) is 7.11. The number of benzene rings is 1. The van der Waals surface area contributed by atoms with Crippen LogP contribution in [0.15, 0.2) is 22.7 Å². The second kappa shape index (κ2) is 5.74. The van der Waals surface area contributed by atoms with E-state index in [9.17, 15) is 4.79 Å². The molecule has 1 aromatic carbocycles. The smallest absolute Gasteiger partial charge is 0.253 e. The van der Waals surface area contributed by atoms with Gasteiger partial charge in [0.15, 0.2) is 0 Å². The highest BCUT2D eigenvalue weighted by Gasteiger charge is 2.23. The van der Waals surface area contributed by atoms with Gasteiger partial charge >= 0.3 is 0 Å². The Balaban J connectivity index is 2.09. The minimum atomic E-state index is 0.0867. The van der Waals surface area contributed by atoms with E-state index in [-0.39, 0.29) is 5.91 Å². The van der Waals surface area contributed by atoms with Gasteiger partial charge < -0.3 is 10.6 Å². The quantitative estimate of drug-likeness (QED) is 0.867. The minimum Gasteiger partial charge on any atom is -0.398 e. The van der Waals surface area contributed by atoms with Gasteiger partial charge in [0.05, 0.1) is 0 Å². The van der Waals surface area contributed by atoms with Crippen LogP contribution in [-0.2, 0) is 0 Å². The number of hydrogen-bond donors (Lipinski definition) is 1. The van der Waals surface area contributed by atoms with E-state index in [4.69, 9.17) is 5.73 Å². The van der Waals surface area contributed by atoms with Gasteiger partial charge in [-0.15, -0.1) is 0 Å². The number of amides is 1. The van der Waals surface area contributed by atoms with Gasteiger partial charge in [-0.05, 0) is 59.8 Å². The highest BCUT2D eigenvalue weighted by atomic mass is 79.9. The molecule has 1 fully saturated rings. The number of nitrogen functional groups attached to an aromatic ring is 1. The maximum atomic E-state index is 12.4. The van der Waals surface area contributed by atoms with Crippen molar-refractivity contribution in [2.45, 2.75) is 26.2 Å². The molecular weight excluding hydrogens is 292 g/mol. The number of hydrogen-bond acceptors (Lipinski definition) is 2. The number of nitrogens with zero attached hydrogens (tertiary/aromatic N) is 1. The SMILES string of the molecule is CCN(CC1CCC1)C(=O)c1ccc(Br)c(N)c1. The summed E-state index contributed by atoms with van der Waals surface area (Å²) in [4.78, 5) is 14.3. The molecule has 2 N–H and O–H groups in total. The summed E-state index contributed by atoms with van der Waals surface area (Å²) in [5.74, 6) is 0.783. The largest absolute Gasteiger partial charge is 0.398 e. The molecule has 0 aliphatic heterocycles. The molecule has 1 saturated carbocycles. The molecule has 0 radical (unpaired) electrons. The molecule has 0 aromatic heterocycles. The highest BCUT2D eigenvalue weighted by Crippen LogP contribution is 2.28. The van der Waals surface area contributed by atoms with Crippen LogP contribution in [0, 0.1) is 5.92 Å². The maximum Gasteiger partial charge on any atom is 0.253 e. The number of halogens is 1. The first kappa shape index (κ1) is 13.4. The molecule has 3 nitrogen and oxygen atoms in total. The van der Waals surface area contributed by atoms with Gasteiger partial charge in [0.25, 0.3) is 5.91 Å². The van der Waals surface area contributed by atoms with Crippen molar-refractivity contribution >= 4 is 27.5 Å². The fourth-order valence-corrected chi connectivity index (χ4v) is 2.45. The Morgan fingerprint density at radius 2 is 2.22 bits per heavy atom. The van der Waals surface area contributed by atoms with Gasteiger partial charge in [-0.2, -0.15) is 0 Å². The van der Waals surface area contributed by atoms with Crippen LogP contribution in [0.25, 0.3) is 0 Å². The third-order valence-corrected chi connectivity index (χ3v) is 4.34. The highest BCUT2D eigenvalue weighted by molar-refractivity contribution is 9.10. The number of nitrogens with two attached hydrogens (primary N) is 1. The van der Waals surface area contributed by atoms with E-state index in [1.807, 2.05) is 24.0 Å². The Morgan fingerprint density at radius 3 is 2.72 bits per heavy atom. The van der Waals surface area contributed by atoms with Crippen molar-refractivity contribution in [3.05, 3.63) is 28.2 Å². The van der Waals surface area contributed by atoms with Gasteiger partial charge in [0.2, 0.25) is 0 Å². The summed E-state index contributed by atoms with van der Waals surface area (Å²) in [5, 5.41) is 0. The Kier molecular flexibility index (Phi) is 4.27.